The first-order valence-electron chi connectivity index (χ1n) is 4.91. The van der Waals surface area contributed by atoms with Crippen molar-refractivity contribution in [2.24, 2.45) is 0 Å². The van der Waals surface area contributed by atoms with Gasteiger partial charge in [-0.05, 0) is 22.4 Å². The molecule has 0 radical (unpaired) electrons. The fourth-order valence-electron chi connectivity index (χ4n) is 1.60. The van der Waals surface area contributed by atoms with Gasteiger partial charge in [0.1, 0.15) is 4.99 Å². The van der Waals surface area contributed by atoms with E-state index in [0.29, 0.717) is 4.99 Å². The molecular formula is C13H11NOS. The minimum absolute atomic E-state index is 0.299. The first-order chi connectivity index (χ1) is 7.81. The van der Waals surface area contributed by atoms with Crippen molar-refractivity contribution in [1.29, 1.82) is 0 Å². The highest BCUT2D eigenvalue weighted by molar-refractivity contribution is 7.80. The normalized spacial score (nSPS) is 10.8. The molecule has 16 heavy (non-hydrogen) atoms. The highest BCUT2D eigenvalue weighted by Gasteiger charge is 1.96. The third-order valence-electron chi connectivity index (χ3n) is 2.35. The standard InChI is InChI=1S/C13H11NOS/c15-14-13(16)9-8-11-6-3-5-10-4-1-2-7-12(10)11/h1-9,15H,(H,14,16). The molecule has 0 spiro atoms. The lowest BCUT2D eigenvalue weighted by atomic mass is 10.0. The lowest BCUT2D eigenvalue weighted by Crippen LogP contribution is -2.12. The first-order valence-corrected chi connectivity index (χ1v) is 5.32. The predicted molar refractivity (Wildman–Crippen MR) is 70.5 cm³/mol. The predicted octanol–water partition coefficient (Wildman–Crippen LogP) is 3.16. The Balaban J connectivity index is 2.45. The van der Waals surface area contributed by atoms with Crippen molar-refractivity contribution in [2.45, 2.75) is 0 Å². The molecule has 0 aliphatic rings. The molecule has 0 fully saturated rings. The summed E-state index contributed by atoms with van der Waals surface area (Å²) < 4.78 is 0. The van der Waals surface area contributed by atoms with E-state index >= 15 is 0 Å². The molecule has 0 bridgehead atoms. The van der Waals surface area contributed by atoms with Gasteiger partial charge >= 0.3 is 0 Å². The largest absolute Gasteiger partial charge is 0.290 e. The molecule has 2 nitrogen and oxygen atoms in total. The van der Waals surface area contributed by atoms with Crippen LogP contribution in [-0.4, -0.2) is 10.2 Å². The van der Waals surface area contributed by atoms with Crippen LogP contribution in [-0.2, 0) is 0 Å². The summed E-state index contributed by atoms with van der Waals surface area (Å²) in [7, 11) is 0. The van der Waals surface area contributed by atoms with Gasteiger partial charge in [-0.25, -0.2) is 0 Å². The molecule has 0 aromatic heterocycles. The zero-order valence-corrected chi connectivity index (χ0v) is 9.37. The third-order valence-corrected chi connectivity index (χ3v) is 2.58. The number of fused-ring (bicyclic) bond motifs is 1. The maximum atomic E-state index is 8.58. The Labute approximate surface area is 99.2 Å². The number of rotatable bonds is 2. The Kier molecular flexibility index (Phi) is 3.29. The van der Waals surface area contributed by atoms with E-state index in [4.69, 9.17) is 17.4 Å². The first kappa shape index (κ1) is 10.8. The van der Waals surface area contributed by atoms with Crippen LogP contribution in [0.3, 0.4) is 0 Å². The molecule has 80 valence electrons. The SMILES string of the molecule is ONC(=S)C=Cc1cccc2ccccc12. The zero-order chi connectivity index (χ0) is 11.4. The number of thiocarbonyl (C=S) groups is 1. The molecule has 0 saturated carbocycles. The Hall–Kier alpha value is -1.71. The highest BCUT2D eigenvalue weighted by atomic mass is 32.1. The Morgan fingerprint density at radius 1 is 1.12 bits per heavy atom. The zero-order valence-electron chi connectivity index (χ0n) is 8.55. The fourth-order valence-corrected chi connectivity index (χ4v) is 1.67. The second-order valence-electron chi connectivity index (χ2n) is 3.38. The van der Waals surface area contributed by atoms with Crippen molar-refractivity contribution in [3.63, 3.8) is 0 Å². The van der Waals surface area contributed by atoms with Gasteiger partial charge in [-0.2, -0.15) is 0 Å². The van der Waals surface area contributed by atoms with Gasteiger partial charge in [0.05, 0.1) is 0 Å². The van der Waals surface area contributed by atoms with E-state index in [1.54, 1.807) is 6.08 Å². The topological polar surface area (TPSA) is 32.3 Å². The summed E-state index contributed by atoms with van der Waals surface area (Å²) in [4.78, 5) is 0.299. The van der Waals surface area contributed by atoms with E-state index in [0.717, 1.165) is 5.56 Å². The van der Waals surface area contributed by atoms with Gasteiger partial charge in [0.2, 0.25) is 0 Å². The van der Waals surface area contributed by atoms with Crippen molar-refractivity contribution in [2.75, 3.05) is 0 Å². The average molecular weight is 229 g/mol. The monoisotopic (exact) mass is 229 g/mol. The van der Waals surface area contributed by atoms with Crippen LogP contribution >= 0.6 is 12.2 Å². The van der Waals surface area contributed by atoms with E-state index in [-0.39, 0.29) is 0 Å². The van der Waals surface area contributed by atoms with Crippen LogP contribution in [0.15, 0.2) is 48.5 Å². The van der Waals surface area contributed by atoms with Crippen molar-refractivity contribution < 1.29 is 5.21 Å². The van der Waals surface area contributed by atoms with Crippen LogP contribution in [0.1, 0.15) is 5.56 Å². The summed E-state index contributed by atoms with van der Waals surface area (Å²) in [5, 5.41) is 10.9. The molecular weight excluding hydrogens is 218 g/mol. The van der Waals surface area contributed by atoms with Crippen molar-refractivity contribution in [1.82, 2.24) is 5.48 Å². The van der Waals surface area contributed by atoms with Crippen LogP contribution < -0.4 is 5.48 Å². The van der Waals surface area contributed by atoms with Crippen LogP contribution in [0.4, 0.5) is 0 Å². The Morgan fingerprint density at radius 3 is 2.69 bits per heavy atom. The molecule has 0 amide bonds. The second-order valence-corrected chi connectivity index (χ2v) is 3.82. The molecule has 0 saturated heterocycles. The molecule has 2 N–H and O–H groups in total. The number of benzene rings is 2. The fraction of sp³-hybridized carbons (Fsp3) is 0. The number of nitrogens with one attached hydrogen (secondary N) is 1. The number of hydrogen-bond donors (Lipinski definition) is 2. The van der Waals surface area contributed by atoms with E-state index in [1.165, 1.54) is 10.8 Å². The summed E-state index contributed by atoms with van der Waals surface area (Å²) in [6.45, 7) is 0. The number of hydroxylamine groups is 1. The van der Waals surface area contributed by atoms with Gasteiger partial charge in [-0.15, -0.1) is 0 Å². The molecule has 2 rings (SSSR count). The van der Waals surface area contributed by atoms with Gasteiger partial charge < -0.3 is 0 Å². The Morgan fingerprint density at radius 2 is 1.88 bits per heavy atom. The van der Waals surface area contributed by atoms with Gasteiger partial charge in [0.15, 0.2) is 0 Å². The summed E-state index contributed by atoms with van der Waals surface area (Å²) >= 11 is 4.83. The summed E-state index contributed by atoms with van der Waals surface area (Å²) in [5.74, 6) is 0. The minimum Gasteiger partial charge on any atom is -0.290 e. The smallest absolute Gasteiger partial charge is 0.123 e. The van der Waals surface area contributed by atoms with E-state index in [2.05, 4.69) is 18.2 Å². The summed E-state index contributed by atoms with van der Waals surface area (Å²) in [6, 6.07) is 14.2. The van der Waals surface area contributed by atoms with Gasteiger partial charge in [-0.3, -0.25) is 10.7 Å². The third kappa shape index (κ3) is 2.27. The van der Waals surface area contributed by atoms with Crippen LogP contribution in [0.25, 0.3) is 16.8 Å². The maximum Gasteiger partial charge on any atom is 0.123 e. The molecule has 2 aromatic rings. The van der Waals surface area contributed by atoms with Gasteiger partial charge in [0, 0.05) is 0 Å². The van der Waals surface area contributed by atoms with E-state index in [9.17, 15) is 0 Å². The lowest BCUT2D eigenvalue weighted by Gasteiger charge is -2.01. The molecule has 0 unspecified atom stereocenters. The van der Waals surface area contributed by atoms with Crippen molar-refractivity contribution in [3.8, 4) is 0 Å². The van der Waals surface area contributed by atoms with E-state index in [1.807, 2.05) is 35.8 Å². The van der Waals surface area contributed by atoms with E-state index < -0.39 is 0 Å². The Bertz CT molecular complexity index is 543. The number of hydrogen-bond acceptors (Lipinski definition) is 2. The van der Waals surface area contributed by atoms with Crippen molar-refractivity contribution >= 4 is 34.1 Å². The highest BCUT2D eigenvalue weighted by Crippen LogP contribution is 2.19. The molecule has 0 aliphatic heterocycles. The quantitative estimate of drug-likeness (QED) is 0.471. The molecule has 3 heteroatoms. The molecule has 0 aliphatic carbocycles. The van der Waals surface area contributed by atoms with Gasteiger partial charge in [-0.1, -0.05) is 60.8 Å². The molecule has 2 aromatic carbocycles. The van der Waals surface area contributed by atoms with Crippen molar-refractivity contribution in [3.05, 3.63) is 54.1 Å². The van der Waals surface area contributed by atoms with Crippen LogP contribution in [0.2, 0.25) is 0 Å². The molecule has 0 atom stereocenters. The maximum absolute atomic E-state index is 8.58. The average Bonchev–Trinajstić information content (AvgIpc) is 2.35. The second kappa shape index (κ2) is 4.88. The summed E-state index contributed by atoms with van der Waals surface area (Å²) in [6.07, 6.45) is 3.55. The minimum atomic E-state index is 0.299. The summed E-state index contributed by atoms with van der Waals surface area (Å²) in [5.41, 5.74) is 3.01. The lowest BCUT2D eigenvalue weighted by molar-refractivity contribution is 0.238. The van der Waals surface area contributed by atoms with Crippen LogP contribution in [0.5, 0.6) is 0 Å². The van der Waals surface area contributed by atoms with Crippen LogP contribution in [0, 0.1) is 0 Å². The molecule has 0 heterocycles. The van der Waals surface area contributed by atoms with Gasteiger partial charge in [0.25, 0.3) is 0 Å².